The highest BCUT2D eigenvalue weighted by molar-refractivity contribution is 5.19. The van der Waals surface area contributed by atoms with E-state index in [0.717, 1.165) is 25.1 Å². The van der Waals surface area contributed by atoms with Gasteiger partial charge < -0.3 is 10.1 Å². The van der Waals surface area contributed by atoms with E-state index in [1.807, 2.05) is 18.3 Å². The van der Waals surface area contributed by atoms with Crippen molar-refractivity contribution in [3.63, 3.8) is 0 Å². The van der Waals surface area contributed by atoms with Crippen molar-refractivity contribution in [2.24, 2.45) is 0 Å². The zero-order valence-corrected chi connectivity index (χ0v) is 11.9. The predicted molar refractivity (Wildman–Crippen MR) is 77.6 cm³/mol. The second-order valence-corrected chi connectivity index (χ2v) is 4.55. The van der Waals surface area contributed by atoms with Crippen molar-refractivity contribution in [2.45, 2.75) is 25.8 Å². The molecule has 0 amide bonds. The minimum Gasteiger partial charge on any atom is -0.481 e. The summed E-state index contributed by atoms with van der Waals surface area (Å²) in [4.78, 5) is 12.5. The molecular weight excluding hydrogens is 252 g/mol. The molecule has 2 aromatic heterocycles. The first kappa shape index (κ1) is 14.4. The smallest absolute Gasteiger partial charge is 0.216 e. The average Bonchev–Trinajstić information content (AvgIpc) is 2.52. The number of pyridine rings is 1. The van der Waals surface area contributed by atoms with Crippen LogP contribution < -0.4 is 10.1 Å². The lowest BCUT2D eigenvalue weighted by molar-refractivity contribution is 0.395. The van der Waals surface area contributed by atoms with Gasteiger partial charge in [0, 0.05) is 36.6 Å². The fourth-order valence-corrected chi connectivity index (χ4v) is 2.02. The molecule has 5 nitrogen and oxygen atoms in total. The Morgan fingerprint density at radius 2 is 2.25 bits per heavy atom. The van der Waals surface area contributed by atoms with Crippen LogP contribution in [0.3, 0.4) is 0 Å². The maximum absolute atomic E-state index is 5.14. The molecule has 0 aromatic carbocycles. The van der Waals surface area contributed by atoms with E-state index < -0.39 is 0 Å². The predicted octanol–water partition coefficient (Wildman–Crippen LogP) is 2.16. The standard InChI is InChI=1S/C15H20N4O/c1-3-6-17-14(12-5-4-7-16-10-12)8-13-9-15(20-2)19-11-18-13/h4-5,7,9-11,14,17H,3,6,8H2,1-2H3. The Kier molecular flexibility index (Phi) is 5.43. The second-order valence-electron chi connectivity index (χ2n) is 4.55. The van der Waals surface area contributed by atoms with E-state index in [-0.39, 0.29) is 6.04 Å². The van der Waals surface area contributed by atoms with Crippen molar-refractivity contribution >= 4 is 0 Å². The Morgan fingerprint density at radius 1 is 1.35 bits per heavy atom. The summed E-state index contributed by atoms with van der Waals surface area (Å²) in [7, 11) is 1.61. The van der Waals surface area contributed by atoms with Gasteiger partial charge >= 0.3 is 0 Å². The number of methoxy groups -OCH3 is 1. The van der Waals surface area contributed by atoms with Gasteiger partial charge in [0.25, 0.3) is 0 Å². The topological polar surface area (TPSA) is 59.9 Å². The number of hydrogen-bond donors (Lipinski definition) is 1. The molecule has 1 atom stereocenters. The molecular formula is C15H20N4O. The average molecular weight is 272 g/mol. The van der Waals surface area contributed by atoms with Crippen molar-refractivity contribution in [1.82, 2.24) is 20.3 Å². The van der Waals surface area contributed by atoms with Crippen molar-refractivity contribution in [3.05, 3.63) is 48.2 Å². The minimum absolute atomic E-state index is 0.197. The van der Waals surface area contributed by atoms with Crippen molar-refractivity contribution in [1.29, 1.82) is 0 Å². The number of hydrogen-bond acceptors (Lipinski definition) is 5. The van der Waals surface area contributed by atoms with Gasteiger partial charge in [-0.3, -0.25) is 4.98 Å². The van der Waals surface area contributed by atoms with E-state index in [4.69, 9.17) is 4.74 Å². The molecule has 0 aliphatic carbocycles. The highest BCUT2D eigenvalue weighted by atomic mass is 16.5. The third kappa shape index (κ3) is 3.99. The number of nitrogens with zero attached hydrogens (tertiary/aromatic N) is 3. The van der Waals surface area contributed by atoms with Gasteiger partial charge in [0.1, 0.15) is 6.33 Å². The van der Waals surface area contributed by atoms with Gasteiger partial charge in [-0.1, -0.05) is 13.0 Å². The highest BCUT2D eigenvalue weighted by Gasteiger charge is 2.13. The fourth-order valence-electron chi connectivity index (χ4n) is 2.02. The number of rotatable bonds is 7. The molecule has 0 saturated carbocycles. The summed E-state index contributed by atoms with van der Waals surface area (Å²) in [6.45, 7) is 3.11. The Bertz CT molecular complexity index is 518. The zero-order valence-electron chi connectivity index (χ0n) is 11.9. The fraction of sp³-hybridized carbons (Fsp3) is 0.400. The summed E-state index contributed by atoms with van der Waals surface area (Å²) in [5.41, 5.74) is 2.12. The first-order valence-electron chi connectivity index (χ1n) is 6.81. The Hall–Kier alpha value is -2.01. The van der Waals surface area contributed by atoms with Crippen LogP contribution in [-0.2, 0) is 6.42 Å². The summed E-state index contributed by atoms with van der Waals surface area (Å²) in [5, 5.41) is 3.53. The van der Waals surface area contributed by atoms with Gasteiger partial charge in [-0.15, -0.1) is 0 Å². The first-order chi connectivity index (χ1) is 9.83. The summed E-state index contributed by atoms with van der Waals surface area (Å²) in [6, 6.07) is 6.11. The summed E-state index contributed by atoms with van der Waals surface area (Å²) in [5.74, 6) is 0.593. The summed E-state index contributed by atoms with van der Waals surface area (Å²) in [6.07, 6.45) is 7.09. The van der Waals surface area contributed by atoms with Crippen molar-refractivity contribution in [2.75, 3.05) is 13.7 Å². The number of ether oxygens (including phenoxy) is 1. The third-order valence-corrected chi connectivity index (χ3v) is 3.05. The van der Waals surface area contributed by atoms with Gasteiger partial charge in [-0.25, -0.2) is 9.97 Å². The Balaban J connectivity index is 2.14. The number of nitrogens with one attached hydrogen (secondary N) is 1. The van der Waals surface area contributed by atoms with Crippen LogP contribution in [-0.4, -0.2) is 28.6 Å². The molecule has 1 unspecified atom stereocenters. The first-order valence-corrected chi connectivity index (χ1v) is 6.81. The number of aromatic nitrogens is 3. The second kappa shape index (κ2) is 7.55. The molecule has 2 aromatic rings. The molecule has 0 aliphatic rings. The van der Waals surface area contributed by atoms with Crippen molar-refractivity contribution in [3.8, 4) is 5.88 Å². The van der Waals surface area contributed by atoms with Crippen molar-refractivity contribution < 1.29 is 4.74 Å². The van der Waals surface area contributed by atoms with E-state index in [0.29, 0.717) is 5.88 Å². The zero-order chi connectivity index (χ0) is 14.2. The van der Waals surface area contributed by atoms with Gasteiger partial charge in [0.05, 0.1) is 7.11 Å². The quantitative estimate of drug-likeness (QED) is 0.837. The van der Waals surface area contributed by atoms with Gasteiger partial charge in [-0.05, 0) is 24.6 Å². The molecule has 0 spiro atoms. The molecule has 2 rings (SSSR count). The molecule has 5 heteroatoms. The van der Waals surface area contributed by atoms with E-state index in [1.165, 1.54) is 11.9 Å². The molecule has 20 heavy (non-hydrogen) atoms. The van der Waals surface area contributed by atoms with Gasteiger partial charge in [-0.2, -0.15) is 0 Å². The molecule has 1 N–H and O–H groups in total. The lowest BCUT2D eigenvalue weighted by atomic mass is 10.0. The Morgan fingerprint density at radius 3 is 2.95 bits per heavy atom. The molecule has 0 fully saturated rings. The SMILES string of the molecule is CCCNC(Cc1cc(OC)ncn1)c1cccnc1. The van der Waals surface area contributed by atoms with Crippen LogP contribution in [0.5, 0.6) is 5.88 Å². The normalized spacial score (nSPS) is 12.1. The van der Waals surface area contributed by atoms with Gasteiger partial charge in [0.2, 0.25) is 5.88 Å². The van der Waals surface area contributed by atoms with Crippen LogP contribution in [0.15, 0.2) is 36.9 Å². The lowest BCUT2D eigenvalue weighted by Crippen LogP contribution is -2.24. The van der Waals surface area contributed by atoms with Crippen LogP contribution in [0.25, 0.3) is 0 Å². The maximum atomic E-state index is 5.14. The van der Waals surface area contributed by atoms with Crippen LogP contribution in [0.4, 0.5) is 0 Å². The van der Waals surface area contributed by atoms with E-state index in [9.17, 15) is 0 Å². The van der Waals surface area contributed by atoms with E-state index in [2.05, 4.69) is 33.3 Å². The lowest BCUT2D eigenvalue weighted by Gasteiger charge is -2.18. The highest BCUT2D eigenvalue weighted by Crippen LogP contribution is 2.18. The summed E-state index contributed by atoms with van der Waals surface area (Å²) >= 11 is 0. The minimum atomic E-state index is 0.197. The van der Waals surface area contributed by atoms with E-state index in [1.54, 1.807) is 13.3 Å². The third-order valence-electron chi connectivity index (χ3n) is 3.05. The monoisotopic (exact) mass is 272 g/mol. The summed E-state index contributed by atoms with van der Waals surface area (Å²) < 4.78 is 5.14. The van der Waals surface area contributed by atoms with Crippen LogP contribution >= 0.6 is 0 Å². The van der Waals surface area contributed by atoms with Crippen LogP contribution in [0.1, 0.15) is 30.6 Å². The molecule has 0 bridgehead atoms. The molecule has 2 heterocycles. The molecule has 0 radical (unpaired) electrons. The maximum Gasteiger partial charge on any atom is 0.216 e. The molecule has 0 aliphatic heterocycles. The van der Waals surface area contributed by atoms with Crippen LogP contribution in [0, 0.1) is 0 Å². The van der Waals surface area contributed by atoms with Gasteiger partial charge in [0.15, 0.2) is 0 Å². The Labute approximate surface area is 119 Å². The molecule has 106 valence electrons. The van der Waals surface area contributed by atoms with Crippen LogP contribution in [0.2, 0.25) is 0 Å². The molecule has 0 saturated heterocycles. The largest absolute Gasteiger partial charge is 0.481 e. The van der Waals surface area contributed by atoms with E-state index >= 15 is 0 Å².